The van der Waals surface area contributed by atoms with Gasteiger partial charge in [0, 0.05) is 17.0 Å². The Morgan fingerprint density at radius 2 is 1.81 bits per heavy atom. The van der Waals surface area contributed by atoms with Gasteiger partial charge in [0.2, 0.25) is 0 Å². The number of H-pyrrole nitrogens is 1. The zero-order chi connectivity index (χ0) is 10.5. The highest BCUT2D eigenvalue weighted by Gasteiger charge is 2.09. The summed E-state index contributed by atoms with van der Waals surface area (Å²) in [5.41, 5.74) is 3.04. The van der Waals surface area contributed by atoms with Gasteiger partial charge in [-0.25, -0.2) is 0 Å². The summed E-state index contributed by atoms with van der Waals surface area (Å²) in [5, 5.41) is 3.57. The molecule has 0 fully saturated rings. The molecular weight excluding hydrogens is 198 g/mol. The van der Waals surface area contributed by atoms with Crippen LogP contribution in [-0.2, 0) is 0 Å². The van der Waals surface area contributed by atoms with Crippen LogP contribution in [0.3, 0.4) is 0 Å². The van der Waals surface area contributed by atoms with Gasteiger partial charge in [0.05, 0.1) is 10.9 Å². The summed E-state index contributed by atoms with van der Waals surface area (Å²) in [6.45, 7) is 0. The lowest BCUT2D eigenvalue weighted by Crippen LogP contribution is -1.70. The molecule has 0 amide bonds. The van der Waals surface area contributed by atoms with Crippen molar-refractivity contribution in [3.05, 3.63) is 48.7 Å². The molecule has 0 unspecified atom stereocenters. The Balaban J connectivity index is 2.42. The molecule has 0 bridgehead atoms. The monoisotopic (exact) mass is 207 g/mol. The summed E-state index contributed by atoms with van der Waals surface area (Å²) < 4.78 is 5.81. The molecule has 16 heavy (non-hydrogen) atoms. The highest BCUT2D eigenvalue weighted by Crippen LogP contribution is 2.33. The number of nitrogens with one attached hydrogen (secondary N) is 1. The van der Waals surface area contributed by atoms with Crippen LogP contribution >= 0.6 is 0 Å². The maximum atomic E-state index is 5.81. The van der Waals surface area contributed by atoms with E-state index in [1.807, 2.05) is 30.5 Å². The molecule has 2 aromatic heterocycles. The minimum atomic E-state index is 0.941. The molecule has 4 aromatic rings. The fourth-order valence-electron chi connectivity index (χ4n) is 2.34. The molecule has 0 aliphatic carbocycles. The lowest BCUT2D eigenvalue weighted by Gasteiger charge is -1.92. The van der Waals surface area contributed by atoms with E-state index in [1.54, 1.807) is 0 Å². The maximum absolute atomic E-state index is 5.81. The van der Waals surface area contributed by atoms with Crippen molar-refractivity contribution < 1.29 is 4.42 Å². The Morgan fingerprint density at radius 3 is 2.81 bits per heavy atom. The highest BCUT2D eigenvalue weighted by atomic mass is 16.3. The molecular formula is C14H9NO. The van der Waals surface area contributed by atoms with Gasteiger partial charge in [0.15, 0.2) is 0 Å². The van der Waals surface area contributed by atoms with Crippen LogP contribution in [0.25, 0.3) is 32.8 Å². The molecule has 0 saturated carbocycles. The number of hydrogen-bond acceptors (Lipinski definition) is 1. The average molecular weight is 207 g/mol. The first kappa shape index (κ1) is 7.99. The van der Waals surface area contributed by atoms with E-state index in [9.17, 15) is 0 Å². The molecule has 0 saturated heterocycles. The average Bonchev–Trinajstić information content (AvgIpc) is 2.91. The summed E-state index contributed by atoms with van der Waals surface area (Å²) >= 11 is 0. The van der Waals surface area contributed by atoms with Gasteiger partial charge < -0.3 is 9.40 Å². The van der Waals surface area contributed by atoms with Crippen LogP contribution in [0.1, 0.15) is 0 Å². The number of benzene rings is 2. The fourth-order valence-corrected chi connectivity index (χ4v) is 2.34. The zero-order valence-electron chi connectivity index (χ0n) is 8.53. The molecule has 0 spiro atoms. The van der Waals surface area contributed by atoms with E-state index in [1.165, 1.54) is 16.2 Å². The van der Waals surface area contributed by atoms with Gasteiger partial charge in [0.25, 0.3) is 0 Å². The van der Waals surface area contributed by atoms with Gasteiger partial charge in [0.1, 0.15) is 11.2 Å². The van der Waals surface area contributed by atoms with Crippen molar-refractivity contribution >= 4 is 32.8 Å². The second-order valence-electron chi connectivity index (χ2n) is 3.98. The Labute approximate surface area is 91.5 Å². The third kappa shape index (κ3) is 0.865. The highest BCUT2D eigenvalue weighted by molar-refractivity contribution is 6.17. The van der Waals surface area contributed by atoms with Gasteiger partial charge in [-0.2, -0.15) is 0 Å². The van der Waals surface area contributed by atoms with Crippen LogP contribution in [0, 0.1) is 0 Å². The van der Waals surface area contributed by atoms with Gasteiger partial charge in [-0.05, 0) is 24.3 Å². The molecule has 76 valence electrons. The van der Waals surface area contributed by atoms with Crippen LogP contribution in [0.15, 0.2) is 53.1 Å². The number of para-hydroxylation sites is 1. The SMILES string of the molecule is c1ccc2c(c1)oc1ccc3cc[nH]c3c12. The minimum Gasteiger partial charge on any atom is -0.456 e. The predicted octanol–water partition coefficient (Wildman–Crippen LogP) is 4.07. The van der Waals surface area contributed by atoms with Crippen molar-refractivity contribution in [3.63, 3.8) is 0 Å². The largest absolute Gasteiger partial charge is 0.456 e. The number of furan rings is 1. The molecule has 2 nitrogen and oxygen atoms in total. The molecule has 0 aliphatic heterocycles. The van der Waals surface area contributed by atoms with Crippen molar-refractivity contribution in [1.82, 2.24) is 4.98 Å². The van der Waals surface area contributed by atoms with Crippen molar-refractivity contribution in [2.24, 2.45) is 0 Å². The first-order valence-electron chi connectivity index (χ1n) is 5.31. The Morgan fingerprint density at radius 1 is 0.875 bits per heavy atom. The van der Waals surface area contributed by atoms with E-state index in [4.69, 9.17) is 4.42 Å². The van der Waals surface area contributed by atoms with Gasteiger partial charge >= 0.3 is 0 Å². The standard InChI is InChI=1S/C14H9NO/c1-2-4-11-10(3-1)13-12(16-11)6-5-9-7-8-15-14(9)13/h1-8,15H. The summed E-state index contributed by atoms with van der Waals surface area (Å²) in [5.74, 6) is 0. The first-order chi connectivity index (χ1) is 7.93. The summed E-state index contributed by atoms with van der Waals surface area (Å²) in [6.07, 6.45) is 1.96. The van der Waals surface area contributed by atoms with Crippen LogP contribution in [0.2, 0.25) is 0 Å². The van der Waals surface area contributed by atoms with Crippen LogP contribution in [0.5, 0.6) is 0 Å². The molecule has 2 heteroatoms. The topological polar surface area (TPSA) is 28.9 Å². The van der Waals surface area contributed by atoms with Crippen molar-refractivity contribution in [3.8, 4) is 0 Å². The maximum Gasteiger partial charge on any atom is 0.137 e. The van der Waals surface area contributed by atoms with Crippen molar-refractivity contribution in [1.29, 1.82) is 0 Å². The molecule has 1 N–H and O–H groups in total. The smallest absolute Gasteiger partial charge is 0.137 e. The molecule has 0 radical (unpaired) electrons. The molecule has 2 aromatic carbocycles. The van der Waals surface area contributed by atoms with E-state index < -0.39 is 0 Å². The van der Waals surface area contributed by atoms with E-state index in [0.29, 0.717) is 0 Å². The van der Waals surface area contributed by atoms with Crippen LogP contribution in [0.4, 0.5) is 0 Å². The van der Waals surface area contributed by atoms with Gasteiger partial charge in [-0.1, -0.05) is 18.2 Å². The lowest BCUT2D eigenvalue weighted by atomic mass is 10.1. The van der Waals surface area contributed by atoms with Crippen molar-refractivity contribution in [2.75, 3.05) is 0 Å². The Bertz CT molecular complexity index is 807. The molecule has 0 atom stereocenters. The second kappa shape index (κ2) is 2.67. The fraction of sp³-hybridized carbons (Fsp3) is 0. The lowest BCUT2D eigenvalue weighted by molar-refractivity contribution is 0.669. The predicted molar refractivity (Wildman–Crippen MR) is 65.6 cm³/mol. The Hall–Kier alpha value is -2.22. The quantitative estimate of drug-likeness (QED) is 0.462. The molecule has 4 rings (SSSR count). The first-order valence-corrected chi connectivity index (χ1v) is 5.31. The third-order valence-electron chi connectivity index (χ3n) is 3.07. The van der Waals surface area contributed by atoms with Crippen molar-refractivity contribution in [2.45, 2.75) is 0 Å². The number of hydrogen-bond donors (Lipinski definition) is 1. The molecule has 2 heterocycles. The normalized spacial score (nSPS) is 11.8. The minimum absolute atomic E-state index is 0.941. The number of rotatable bonds is 0. The summed E-state index contributed by atoms with van der Waals surface area (Å²) in [7, 11) is 0. The Kier molecular flexibility index (Phi) is 1.33. The van der Waals surface area contributed by atoms with Gasteiger partial charge in [-0.3, -0.25) is 0 Å². The second-order valence-corrected chi connectivity index (χ2v) is 3.98. The number of fused-ring (bicyclic) bond motifs is 5. The number of aromatic nitrogens is 1. The summed E-state index contributed by atoms with van der Waals surface area (Å²) in [4.78, 5) is 3.28. The zero-order valence-corrected chi connectivity index (χ0v) is 8.53. The van der Waals surface area contributed by atoms with E-state index in [-0.39, 0.29) is 0 Å². The van der Waals surface area contributed by atoms with E-state index >= 15 is 0 Å². The van der Waals surface area contributed by atoms with E-state index in [0.717, 1.165) is 16.7 Å². The van der Waals surface area contributed by atoms with Crippen LogP contribution < -0.4 is 0 Å². The molecule has 0 aliphatic rings. The number of aromatic amines is 1. The third-order valence-corrected chi connectivity index (χ3v) is 3.07. The van der Waals surface area contributed by atoms with Gasteiger partial charge in [-0.15, -0.1) is 0 Å². The summed E-state index contributed by atoms with van der Waals surface area (Å²) in [6, 6.07) is 14.3. The van der Waals surface area contributed by atoms with E-state index in [2.05, 4.69) is 23.2 Å². The van der Waals surface area contributed by atoms with Crippen LogP contribution in [-0.4, -0.2) is 4.98 Å².